The molecule has 1 heterocycles. The van der Waals surface area contributed by atoms with E-state index in [1.165, 1.54) is 0 Å². The Morgan fingerprint density at radius 2 is 2.12 bits per heavy atom. The molecule has 5 heteroatoms. The number of halogens is 1. The summed E-state index contributed by atoms with van der Waals surface area (Å²) in [6, 6.07) is 14.6. The van der Waals surface area contributed by atoms with E-state index < -0.39 is 0 Å². The lowest BCUT2D eigenvalue weighted by Crippen LogP contribution is -2.23. The molecule has 0 radical (unpaired) electrons. The van der Waals surface area contributed by atoms with Crippen molar-refractivity contribution < 1.29 is 14.3 Å². The minimum Gasteiger partial charge on any atom is -0.491 e. The zero-order valence-electron chi connectivity index (χ0n) is 13.3. The Labute approximate surface area is 146 Å². The zero-order chi connectivity index (χ0) is 16.8. The van der Waals surface area contributed by atoms with Gasteiger partial charge in [0.1, 0.15) is 12.4 Å². The average molecular weight is 346 g/mol. The van der Waals surface area contributed by atoms with Crippen LogP contribution in [0.15, 0.2) is 48.5 Å². The van der Waals surface area contributed by atoms with E-state index in [-0.39, 0.29) is 12.0 Å². The van der Waals surface area contributed by atoms with Crippen molar-refractivity contribution in [1.29, 1.82) is 0 Å². The van der Waals surface area contributed by atoms with E-state index in [1.54, 1.807) is 12.1 Å². The number of carbonyl (C=O) groups is 1. The number of benzene rings is 2. The highest BCUT2D eigenvalue weighted by atomic mass is 35.5. The maximum atomic E-state index is 12.3. The standard InChI is InChI=1S/C19H20ClNO3/c20-18-9-2-1-5-15(18)12-21-19(22)14-6-3-7-16(11-14)24-13-17-8-4-10-23-17/h1-3,5-7,9,11,17H,4,8,10,12-13H2,(H,21,22)/t17-/m1/s1. The van der Waals surface area contributed by atoms with E-state index in [0.717, 1.165) is 25.0 Å². The van der Waals surface area contributed by atoms with Gasteiger partial charge in [-0.1, -0.05) is 35.9 Å². The normalized spacial score (nSPS) is 16.8. The Kier molecular flexibility index (Phi) is 5.72. The Hall–Kier alpha value is -2.04. The molecule has 1 atom stereocenters. The molecule has 4 nitrogen and oxygen atoms in total. The number of rotatable bonds is 6. The third-order valence-corrected chi connectivity index (χ3v) is 4.32. The molecule has 126 valence electrons. The summed E-state index contributed by atoms with van der Waals surface area (Å²) in [6.07, 6.45) is 2.26. The molecule has 0 unspecified atom stereocenters. The molecule has 0 spiro atoms. The van der Waals surface area contributed by atoms with E-state index in [9.17, 15) is 4.79 Å². The van der Waals surface area contributed by atoms with Crippen molar-refractivity contribution >= 4 is 17.5 Å². The first-order valence-corrected chi connectivity index (χ1v) is 8.46. The molecule has 0 aliphatic carbocycles. The van der Waals surface area contributed by atoms with Crippen LogP contribution in [0.25, 0.3) is 0 Å². The molecular formula is C19H20ClNO3. The fraction of sp³-hybridized carbons (Fsp3) is 0.316. The molecule has 24 heavy (non-hydrogen) atoms. The predicted molar refractivity (Wildman–Crippen MR) is 93.5 cm³/mol. The molecule has 0 saturated carbocycles. The maximum Gasteiger partial charge on any atom is 0.251 e. The molecule has 1 N–H and O–H groups in total. The van der Waals surface area contributed by atoms with Crippen LogP contribution >= 0.6 is 11.6 Å². The van der Waals surface area contributed by atoms with Crippen LogP contribution in [-0.4, -0.2) is 25.2 Å². The molecule has 1 fully saturated rings. The first-order valence-electron chi connectivity index (χ1n) is 8.08. The topological polar surface area (TPSA) is 47.6 Å². The van der Waals surface area contributed by atoms with Gasteiger partial charge in [-0.3, -0.25) is 4.79 Å². The monoisotopic (exact) mass is 345 g/mol. The van der Waals surface area contributed by atoms with Crippen molar-refractivity contribution in [2.24, 2.45) is 0 Å². The highest BCUT2D eigenvalue weighted by molar-refractivity contribution is 6.31. The number of amides is 1. The summed E-state index contributed by atoms with van der Waals surface area (Å²) >= 11 is 6.10. The van der Waals surface area contributed by atoms with Gasteiger partial charge in [0.2, 0.25) is 0 Å². The zero-order valence-corrected chi connectivity index (χ0v) is 14.1. The van der Waals surface area contributed by atoms with Crippen LogP contribution in [0.5, 0.6) is 5.75 Å². The molecule has 1 aliphatic heterocycles. The maximum absolute atomic E-state index is 12.3. The van der Waals surface area contributed by atoms with E-state index in [1.807, 2.05) is 36.4 Å². The van der Waals surface area contributed by atoms with Gasteiger partial charge in [-0.25, -0.2) is 0 Å². The first kappa shape index (κ1) is 16.8. The van der Waals surface area contributed by atoms with Gasteiger partial charge in [0.05, 0.1) is 6.10 Å². The second-order valence-electron chi connectivity index (χ2n) is 5.75. The SMILES string of the molecule is O=C(NCc1ccccc1Cl)c1cccc(OC[C@H]2CCCO2)c1. The van der Waals surface area contributed by atoms with E-state index in [2.05, 4.69) is 5.32 Å². The third kappa shape index (κ3) is 4.49. The highest BCUT2D eigenvalue weighted by Gasteiger charge is 2.16. The quantitative estimate of drug-likeness (QED) is 0.865. The van der Waals surface area contributed by atoms with Gasteiger partial charge in [0, 0.05) is 23.7 Å². The second-order valence-corrected chi connectivity index (χ2v) is 6.16. The van der Waals surface area contributed by atoms with E-state index in [4.69, 9.17) is 21.1 Å². The molecule has 1 saturated heterocycles. The average Bonchev–Trinajstić information content (AvgIpc) is 3.13. The van der Waals surface area contributed by atoms with Crippen LogP contribution in [0, 0.1) is 0 Å². The van der Waals surface area contributed by atoms with Gasteiger partial charge in [-0.05, 0) is 42.7 Å². The number of ether oxygens (including phenoxy) is 2. The lowest BCUT2D eigenvalue weighted by molar-refractivity contribution is 0.0679. The summed E-state index contributed by atoms with van der Waals surface area (Å²) in [5.41, 5.74) is 1.45. The first-order chi connectivity index (χ1) is 11.7. The number of hydrogen-bond donors (Lipinski definition) is 1. The van der Waals surface area contributed by atoms with Crippen LogP contribution in [0.2, 0.25) is 5.02 Å². The van der Waals surface area contributed by atoms with Gasteiger partial charge in [-0.2, -0.15) is 0 Å². The minimum absolute atomic E-state index is 0.155. The van der Waals surface area contributed by atoms with Gasteiger partial charge >= 0.3 is 0 Å². The molecule has 2 aromatic rings. The molecule has 3 rings (SSSR count). The van der Waals surface area contributed by atoms with Crippen LogP contribution in [-0.2, 0) is 11.3 Å². The molecular weight excluding hydrogens is 326 g/mol. The van der Waals surface area contributed by atoms with Crippen molar-refractivity contribution in [1.82, 2.24) is 5.32 Å². The third-order valence-electron chi connectivity index (χ3n) is 3.95. The van der Waals surface area contributed by atoms with Crippen molar-refractivity contribution in [3.8, 4) is 5.75 Å². The molecule has 2 aromatic carbocycles. The molecule has 0 aromatic heterocycles. The lowest BCUT2D eigenvalue weighted by Gasteiger charge is -2.12. The largest absolute Gasteiger partial charge is 0.491 e. The summed E-state index contributed by atoms with van der Waals surface area (Å²) in [6.45, 7) is 1.71. The lowest BCUT2D eigenvalue weighted by atomic mass is 10.2. The van der Waals surface area contributed by atoms with Crippen LogP contribution in [0.4, 0.5) is 0 Å². The number of hydrogen-bond acceptors (Lipinski definition) is 3. The summed E-state index contributed by atoms with van der Waals surface area (Å²) < 4.78 is 11.3. The smallest absolute Gasteiger partial charge is 0.251 e. The minimum atomic E-state index is -0.155. The molecule has 1 amide bonds. The number of nitrogens with one attached hydrogen (secondary N) is 1. The van der Waals surface area contributed by atoms with Gasteiger partial charge in [0.25, 0.3) is 5.91 Å². The van der Waals surface area contributed by atoms with Crippen LogP contribution in [0.1, 0.15) is 28.8 Å². The van der Waals surface area contributed by atoms with E-state index in [0.29, 0.717) is 29.5 Å². The molecule has 0 bridgehead atoms. The van der Waals surface area contributed by atoms with Crippen molar-refractivity contribution in [2.45, 2.75) is 25.5 Å². The van der Waals surface area contributed by atoms with Gasteiger partial charge in [0.15, 0.2) is 0 Å². The van der Waals surface area contributed by atoms with Crippen molar-refractivity contribution in [3.63, 3.8) is 0 Å². The Balaban J connectivity index is 1.56. The summed E-state index contributed by atoms with van der Waals surface area (Å²) in [7, 11) is 0. The fourth-order valence-electron chi connectivity index (χ4n) is 2.61. The summed E-state index contributed by atoms with van der Waals surface area (Å²) in [4.78, 5) is 12.3. The van der Waals surface area contributed by atoms with Crippen molar-refractivity contribution in [2.75, 3.05) is 13.2 Å². The van der Waals surface area contributed by atoms with Crippen molar-refractivity contribution in [3.05, 3.63) is 64.7 Å². The molecule has 1 aliphatic rings. The Morgan fingerprint density at radius 3 is 2.92 bits per heavy atom. The second kappa shape index (κ2) is 8.18. The van der Waals surface area contributed by atoms with Gasteiger partial charge < -0.3 is 14.8 Å². The summed E-state index contributed by atoms with van der Waals surface area (Å²) in [5.74, 6) is 0.522. The van der Waals surface area contributed by atoms with Crippen LogP contribution in [0.3, 0.4) is 0 Å². The number of carbonyl (C=O) groups excluding carboxylic acids is 1. The Bertz CT molecular complexity index is 699. The Morgan fingerprint density at radius 1 is 1.25 bits per heavy atom. The predicted octanol–water partition coefficient (Wildman–Crippen LogP) is 3.83. The van der Waals surface area contributed by atoms with Gasteiger partial charge in [-0.15, -0.1) is 0 Å². The highest BCUT2D eigenvalue weighted by Crippen LogP contribution is 2.18. The summed E-state index contributed by atoms with van der Waals surface area (Å²) in [5, 5.41) is 3.52. The van der Waals surface area contributed by atoms with Crippen LogP contribution < -0.4 is 10.1 Å². The van der Waals surface area contributed by atoms with E-state index >= 15 is 0 Å². The fourth-order valence-corrected chi connectivity index (χ4v) is 2.81.